The molecule has 3 rings (SSSR count). The van der Waals surface area contributed by atoms with Crippen LogP contribution in [0, 0.1) is 0 Å². The van der Waals surface area contributed by atoms with Gasteiger partial charge in [-0.1, -0.05) is 0 Å². The summed E-state index contributed by atoms with van der Waals surface area (Å²) >= 11 is 1.66. The molecule has 0 spiro atoms. The molecule has 0 saturated carbocycles. The number of hydrogen-bond donors (Lipinski definition) is 1. The van der Waals surface area contributed by atoms with E-state index < -0.39 is 0 Å². The molecule has 0 radical (unpaired) electrons. The summed E-state index contributed by atoms with van der Waals surface area (Å²) in [5.74, 6) is 0. The highest BCUT2D eigenvalue weighted by atomic mass is 32.1. The van der Waals surface area contributed by atoms with Gasteiger partial charge in [-0.15, -0.1) is 11.3 Å². The lowest BCUT2D eigenvalue weighted by molar-refractivity contribution is 0.730. The summed E-state index contributed by atoms with van der Waals surface area (Å²) in [6, 6.07) is 2.33. The molecule has 0 aliphatic heterocycles. The van der Waals surface area contributed by atoms with Crippen molar-refractivity contribution in [3.05, 3.63) is 47.5 Å². The molecule has 1 atom stereocenters. The second-order valence-corrected chi connectivity index (χ2v) is 5.57. The summed E-state index contributed by atoms with van der Waals surface area (Å²) in [5, 5.41) is 2.04. The van der Waals surface area contributed by atoms with Gasteiger partial charge >= 0.3 is 0 Å². The van der Waals surface area contributed by atoms with Gasteiger partial charge in [0.15, 0.2) is 4.96 Å². The van der Waals surface area contributed by atoms with Crippen LogP contribution in [0.25, 0.3) is 4.96 Å². The lowest BCUT2D eigenvalue weighted by atomic mass is 10.1. The van der Waals surface area contributed by atoms with Crippen molar-refractivity contribution in [3.63, 3.8) is 0 Å². The van der Waals surface area contributed by atoms with Crippen LogP contribution in [-0.4, -0.2) is 20.0 Å². The summed E-state index contributed by atoms with van der Waals surface area (Å²) in [6.45, 7) is 2.84. The largest absolute Gasteiger partial charge is 0.348 e. The van der Waals surface area contributed by atoms with Crippen LogP contribution in [0.1, 0.15) is 18.2 Å². The zero-order valence-corrected chi connectivity index (χ0v) is 11.1. The number of thiazole rings is 1. The number of aromatic nitrogens is 3. The van der Waals surface area contributed by atoms with Gasteiger partial charge in [-0.2, -0.15) is 0 Å². The number of hydrogen-bond acceptors (Lipinski definition) is 3. The number of imidazole rings is 1. The van der Waals surface area contributed by atoms with Gasteiger partial charge < -0.3 is 10.3 Å². The Morgan fingerprint density at radius 2 is 2.28 bits per heavy atom. The molecule has 5 heteroatoms. The van der Waals surface area contributed by atoms with Crippen molar-refractivity contribution in [2.75, 3.05) is 0 Å². The van der Waals surface area contributed by atoms with Crippen LogP contribution < -0.4 is 5.73 Å². The first-order valence-corrected chi connectivity index (χ1v) is 6.90. The van der Waals surface area contributed by atoms with E-state index in [9.17, 15) is 0 Å². The Bertz CT molecular complexity index is 618. The molecule has 0 amide bonds. The van der Waals surface area contributed by atoms with Crippen LogP contribution in [0.3, 0.4) is 0 Å². The summed E-state index contributed by atoms with van der Waals surface area (Å²) < 4.78 is 4.22. The number of nitrogens with zero attached hydrogens (tertiary/aromatic N) is 3. The maximum atomic E-state index is 5.80. The summed E-state index contributed by atoms with van der Waals surface area (Å²) in [5.41, 5.74) is 8.17. The lowest BCUT2D eigenvalue weighted by Gasteiger charge is -2.01. The van der Waals surface area contributed by atoms with Crippen LogP contribution >= 0.6 is 11.3 Å². The van der Waals surface area contributed by atoms with E-state index in [1.165, 1.54) is 5.56 Å². The molecular formula is C13H16N4S. The first-order chi connectivity index (χ1) is 8.70. The minimum absolute atomic E-state index is 0.207. The van der Waals surface area contributed by atoms with Crippen LogP contribution in [0.5, 0.6) is 0 Å². The van der Waals surface area contributed by atoms with Gasteiger partial charge in [-0.25, -0.2) is 4.98 Å². The van der Waals surface area contributed by atoms with E-state index in [1.807, 2.05) is 18.5 Å². The van der Waals surface area contributed by atoms with Crippen LogP contribution in [0.4, 0.5) is 0 Å². The third-order valence-electron chi connectivity index (χ3n) is 2.86. The Labute approximate surface area is 110 Å². The molecule has 0 aliphatic rings. The fourth-order valence-electron chi connectivity index (χ4n) is 2.12. The van der Waals surface area contributed by atoms with Crippen molar-refractivity contribution in [3.8, 4) is 0 Å². The van der Waals surface area contributed by atoms with Gasteiger partial charge in [-0.05, 0) is 25.0 Å². The molecule has 94 valence electrons. The molecule has 3 aromatic rings. The lowest BCUT2D eigenvalue weighted by Crippen LogP contribution is -2.17. The minimum Gasteiger partial charge on any atom is -0.348 e. The topological polar surface area (TPSA) is 48.2 Å². The molecular weight excluding hydrogens is 244 g/mol. The number of fused-ring (bicyclic) bond motifs is 1. The van der Waals surface area contributed by atoms with Crippen molar-refractivity contribution in [1.82, 2.24) is 14.0 Å². The maximum Gasteiger partial charge on any atom is 0.193 e. The van der Waals surface area contributed by atoms with Gasteiger partial charge in [0.1, 0.15) is 0 Å². The number of rotatable bonds is 4. The van der Waals surface area contributed by atoms with Crippen molar-refractivity contribution >= 4 is 16.3 Å². The van der Waals surface area contributed by atoms with E-state index in [4.69, 9.17) is 5.73 Å². The Hall–Kier alpha value is -1.59. The Morgan fingerprint density at radius 1 is 1.39 bits per heavy atom. The maximum absolute atomic E-state index is 5.80. The van der Waals surface area contributed by atoms with Crippen LogP contribution in [0.2, 0.25) is 0 Å². The summed E-state index contributed by atoms with van der Waals surface area (Å²) in [7, 11) is 0. The highest BCUT2D eigenvalue weighted by Crippen LogP contribution is 2.13. The molecule has 0 saturated heterocycles. The second kappa shape index (κ2) is 4.59. The predicted octanol–water partition coefficient (Wildman–Crippen LogP) is 2.14. The fourth-order valence-corrected chi connectivity index (χ4v) is 2.84. The zero-order chi connectivity index (χ0) is 12.5. The molecule has 3 aromatic heterocycles. The van der Waals surface area contributed by atoms with Gasteiger partial charge in [0.25, 0.3) is 0 Å². The van der Waals surface area contributed by atoms with Gasteiger partial charge in [0, 0.05) is 36.2 Å². The van der Waals surface area contributed by atoms with E-state index in [-0.39, 0.29) is 6.04 Å². The van der Waals surface area contributed by atoms with Gasteiger partial charge in [0.2, 0.25) is 0 Å². The molecule has 18 heavy (non-hydrogen) atoms. The van der Waals surface area contributed by atoms with E-state index >= 15 is 0 Å². The van der Waals surface area contributed by atoms with E-state index in [2.05, 4.69) is 38.6 Å². The summed E-state index contributed by atoms with van der Waals surface area (Å²) in [4.78, 5) is 5.62. The van der Waals surface area contributed by atoms with Crippen molar-refractivity contribution < 1.29 is 0 Å². The van der Waals surface area contributed by atoms with E-state index in [0.717, 1.165) is 23.6 Å². The average molecular weight is 260 g/mol. The number of nitrogens with two attached hydrogens (primary N) is 1. The first-order valence-electron chi connectivity index (χ1n) is 6.02. The van der Waals surface area contributed by atoms with Crippen molar-refractivity contribution in [2.45, 2.75) is 25.9 Å². The van der Waals surface area contributed by atoms with Gasteiger partial charge in [0.05, 0.1) is 12.2 Å². The molecule has 0 bridgehead atoms. The quantitative estimate of drug-likeness (QED) is 0.781. The van der Waals surface area contributed by atoms with Crippen LogP contribution in [0.15, 0.2) is 36.2 Å². The Balaban J connectivity index is 1.75. The van der Waals surface area contributed by atoms with E-state index in [1.54, 1.807) is 11.3 Å². The molecule has 1 unspecified atom stereocenters. The zero-order valence-electron chi connectivity index (χ0n) is 10.3. The van der Waals surface area contributed by atoms with Gasteiger partial charge in [-0.3, -0.25) is 4.40 Å². The SMILES string of the molecule is CC(N)Cc1ccn(Cc2cn3ccsc3n2)c1. The first kappa shape index (κ1) is 11.5. The van der Waals surface area contributed by atoms with E-state index in [0.29, 0.717) is 0 Å². The fraction of sp³-hybridized carbons (Fsp3) is 0.308. The Morgan fingerprint density at radius 3 is 3.06 bits per heavy atom. The normalized spacial score (nSPS) is 13.2. The molecule has 2 N–H and O–H groups in total. The molecule has 0 aromatic carbocycles. The molecule has 0 aliphatic carbocycles. The summed E-state index contributed by atoms with van der Waals surface area (Å²) in [6.07, 6.45) is 9.28. The smallest absolute Gasteiger partial charge is 0.193 e. The van der Waals surface area contributed by atoms with Crippen molar-refractivity contribution in [2.24, 2.45) is 5.73 Å². The molecule has 4 nitrogen and oxygen atoms in total. The average Bonchev–Trinajstić information content (AvgIpc) is 2.93. The third kappa shape index (κ3) is 2.32. The predicted molar refractivity (Wildman–Crippen MR) is 74.0 cm³/mol. The third-order valence-corrected chi connectivity index (χ3v) is 3.63. The Kier molecular flexibility index (Phi) is 2.93. The highest BCUT2D eigenvalue weighted by molar-refractivity contribution is 7.15. The minimum atomic E-state index is 0.207. The monoisotopic (exact) mass is 260 g/mol. The van der Waals surface area contributed by atoms with Crippen LogP contribution in [-0.2, 0) is 13.0 Å². The molecule has 3 heterocycles. The highest BCUT2D eigenvalue weighted by Gasteiger charge is 2.04. The standard InChI is InChI=1S/C13H16N4S/c1-10(14)6-11-2-3-16(7-11)8-12-9-17-4-5-18-13(17)15-12/h2-5,7,9-10H,6,8,14H2,1H3. The second-order valence-electron chi connectivity index (χ2n) is 4.70. The molecule has 0 fully saturated rings. The van der Waals surface area contributed by atoms with Crippen molar-refractivity contribution in [1.29, 1.82) is 0 Å².